The lowest BCUT2D eigenvalue weighted by atomic mass is 9.78. The Morgan fingerprint density at radius 1 is 0.844 bits per heavy atom. The second-order valence-electron chi connectivity index (χ2n) is 9.17. The summed E-state index contributed by atoms with van der Waals surface area (Å²) in [6.07, 6.45) is 16.7. The van der Waals surface area contributed by atoms with Crippen molar-refractivity contribution in [1.82, 2.24) is 0 Å². The predicted octanol–water partition coefficient (Wildman–Crippen LogP) is 8.48. The maximum absolute atomic E-state index is 5.85. The highest BCUT2D eigenvalue weighted by atomic mass is 16.5. The molecular weight excluding hydrogens is 388 g/mol. The Bertz CT molecular complexity index is 855. The molecular formula is C31H40O. The maximum atomic E-state index is 5.85. The van der Waals surface area contributed by atoms with Gasteiger partial charge in [0.2, 0.25) is 0 Å². The molecule has 32 heavy (non-hydrogen) atoms. The lowest BCUT2D eigenvalue weighted by Gasteiger charge is -2.27. The molecule has 2 aromatic carbocycles. The lowest BCUT2D eigenvalue weighted by molar-refractivity contribution is 0.306. The molecule has 1 nitrogen and oxygen atoms in total. The molecule has 0 amide bonds. The average molecular weight is 429 g/mol. The van der Waals surface area contributed by atoms with Crippen LogP contribution in [0.15, 0.2) is 60.7 Å². The van der Waals surface area contributed by atoms with Crippen molar-refractivity contribution >= 4 is 0 Å². The van der Waals surface area contributed by atoms with Crippen LogP contribution in [0.25, 0.3) is 0 Å². The summed E-state index contributed by atoms with van der Waals surface area (Å²) in [5, 5.41) is 0. The monoisotopic (exact) mass is 428 g/mol. The molecule has 0 bridgehead atoms. The number of aryl methyl sites for hydroxylation is 1. The molecule has 3 rings (SSSR count). The molecule has 1 fully saturated rings. The third kappa shape index (κ3) is 8.23. The predicted molar refractivity (Wildman–Crippen MR) is 137 cm³/mol. The highest BCUT2D eigenvalue weighted by Gasteiger charge is 2.20. The van der Waals surface area contributed by atoms with E-state index < -0.39 is 0 Å². The van der Waals surface area contributed by atoms with Crippen LogP contribution in [0.5, 0.6) is 5.75 Å². The number of rotatable bonds is 10. The van der Waals surface area contributed by atoms with Gasteiger partial charge in [-0.15, -0.1) is 0 Å². The first-order chi connectivity index (χ1) is 15.8. The van der Waals surface area contributed by atoms with E-state index in [1.807, 2.05) is 0 Å². The topological polar surface area (TPSA) is 9.23 Å². The number of ether oxygens (including phenoxy) is 1. The molecule has 0 atom stereocenters. The zero-order valence-corrected chi connectivity index (χ0v) is 20.1. The maximum Gasteiger partial charge on any atom is 0.119 e. The van der Waals surface area contributed by atoms with Crippen LogP contribution in [-0.2, 0) is 6.42 Å². The highest BCUT2D eigenvalue weighted by Crippen LogP contribution is 2.36. The van der Waals surface area contributed by atoms with Crippen LogP contribution in [0.2, 0.25) is 0 Å². The molecule has 0 spiro atoms. The fourth-order valence-electron chi connectivity index (χ4n) is 4.47. The van der Waals surface area contributed by atoms with Crippen LogP contribution in [-0.4, -0.2) is 6.61 Å². The zero-order chi connectivity index (χ0) is 22.4. The minimum atomic E-state index is 0.665. The third-order valence-corrected chi connectivity index (χ3v) is 6.58. The summed E-state index contributed by atoms with van der Waals surface area (Å²) in [6, 6.07) is 17.6. The summed E-state index contributed by atoms with van der Waals surface area (Å²) in [5.41, 5.74) is 3.99. The van der Waals surface area contributed by atoms with E-state index in [2.05, 4.69) is 86.4 Å². The molecule has 0 heterocycles. The van der Waals surface area contributed by atoms with Crippen LogP contribution >= 0.6 is 0 Å². The average Bonchev–Trinajstić information content (AvgIpc) is 2.85. The molecule has 0 radical (unpaired) electrons. The van der Waals surface area contributed by atoms with Gasteiger partial charge in [-0.3, -0.25) is 0 Å². The van der Waals surface area contributed by atoms with Crippen molar-refractivity contribution in [2.75, 3.05) is 6.61 Å². The van der Waals surface area contributed by atoms with Gasteiger partial charge in [0.25, 0.3) is 0 Å². The first-order valence-corrected chi connectivity index (χ1v) is 12.8. The van der Waals surface area contributed by atoms with E-state index in [0.29, 0.717) is 11.8 Å². The summed E-state index contributed by atoms with van der Waals surface area (Å²) >= 11 is 0. The number of benzene rings is 2. The van der Waals surface area contributed by atoms with E-state index >= 15 is 0 Å². The highest BCUT2D eigenvalue weighted by molar-refractivity contribution is 5.38. The Morgan fingerprint density at radius 3 is 2.25 bits per heavy atom. The van der Waals surface area contributed by atoms with Gasteiger partial charge < -0.3 is 4.74 Å². The summed E-state index contributed by atoms with van der Waals surface area (Å²) in [7, 11) is 0. The van der Waals surface area contributed by atoms with Crippen molar-refractivity contribution in [2.45, 2.75) is 84.0 Å². The Kier molecular flexibility index (Phi) is 10.5. The van der Waals surface area contributed by atoms with Gasteiger partial charge >= 0.3 is 0 Å². The quantitative estimate of drug-likeness (QED) is 0.272. The first-order valence-electron chi connectivity index (χ1n) is 12.8. The fourth-order valence-corrected chi connectivity index (χ4v) is 4.47. The van der Waals surface area contributed by atoms with Gasteiger partial charge in [0.05, 0.1) is 6.61 Å². The van der Waals surface area contributed by atoms with Crippen molar-refractivity contribution < 1.29 is 4.74 Å². The Labute approximate surface area is 196 Å². The van der Waals surface area contributed by atoms with Crippen molar-refractivity contribution in [1.29, 1.82) is 0 Å². The molecule has 0 aromatic heterocycles. The van der Waals surface area contributed by atoms with Gasteiger partial charge in [0.15, 0.2) is 0 Å². The van der Waals surface area contributed by atoms with Gasteiger partial charge in [-0.05, 0) is 98.2 Å². The van der Waals surface area contributed by atoms with Crippen LogP contribution in [0.4, 0.5) is 0 Å². The second-order valence-corrected chi connectivity index (χ2v) is 9.17. The summed E-state index contributed by atoms with van der Waals surface area (Å²) < 4.78 is 5.85. The SMILES string of the molecule is CCCCCOc1ccc(C2CCC(C=CC#Cc3ccc(CCCC)cc3)CC2)cc1. The zero-order valence-electron chi connectivity index (χ0n) is 20.1. The first kappa shape index (κ1) is 24.2. The van der Waals surface area contributed by atoms with E-state index in [9.17, 15) is 0 Å². The standard InChI is InChI=1S/C31H40O/c1-3-5-9-25-32-31-23-21-30(22-24-31)29-19-17-28(18-20-29)12-8-7-11-27-15-13-26(14-16-27)10-6-4-2/h8,12-16,21-24,28-29H,3-6,9-10,17-20,25H2,1-2H3. The third-order valence-electron chi connectivity index (χ3n) is 6.58. The molecule has 0 unspecified atom stereocenters. The smallest absolute Gasteiger partial charge is 0.119 e. The van der Waals surface area contributed by atoms with Gasteiger partial charge in [0, 0.05) is 5.56 Å². The van der Waals surface area contributed by atoms with Crippen molar-refractivity contribution in [3.05, 3.63) is 77.4 Å². The van der Waals surface area contributed by atoms with Crippen LogP contribution < -0.4 is 4.74 Å². The Balaban J connectivity index is 1.40. The molecule has 170 valence electrons. The van der Waals surface area contributed by atoms with Crippen molar-refractivity contribution in [3.8, 4) is 17.6 Å². The van der Waals surface area contributed by atoms with Crippen molar-refractivity contribution in [3.63, 3.8) is 0 Å². The minimum Gasteiger partial charge on any atom is -0.494 e. The Morgan fingerprint density at radius 2 is 1.56 bits per heavy atom. The van der Waals surface area contributed by atoms with E-state index in [-0.39, 0.29) is 0 Å². The van der Waals surface area contributed by atoms with Gasteiger partial charge in [-0.2, -0.15) is 0 Å². The van der Waals surface area contributed by atoms with E-state index in [1.165, 1.54) is 68.9 Å². The number of allylic oxidation sites excluding steroid dienone is 2. The molecule has 2 aromatic rings. The number of hydrogen-bond acceptors (Lipinski definition) is 1. The number of unbranched alkanes of at least 4 members (excludes halogenated alkanes) is 3. The van der Waals surface area contributed by atoms with E-state index in [0.717, 1.165) is 24.3 Å². The molecule has 1 heteroatoms. The molecule has 1 saturated carbocycles. The van der Waals surface area contributed by atoms with Crippen LogP contribution in [0, 0.1) is 17.8 Å². The molecule has 1 aliphatic rings. The molecule has 0 aliphatic heterocycles. The summed E-state index contributed by atoms with van der Waals surface area (Å²) in [6.45, 7) is 5.29. The molecule has 0 N–H and O–H groups in total. The van der Waals surface area contributed by atoms with Crippen LogP contribution in [0.3, 0.4) is 0 Å². The summed E-state index contributed by atoms with van der Waals surface area (Å²) in [5.74, 6) is 8.88. The van der Waals surface area contributed by atoms with Gasteiger partial charge in [-0.1, -0.05) is 75.3 Å². The van der Waals surface area contributed by atoms with E-state index in [4.69, 9.17) is 4.74 Å². The van der Waals surface area contributed by atoms with E-state index in [1.54, 1.807) is 0 Å². The molecule has 0 saturated heterocycles. The molecule has 1 aliphatic carbocycles. The summed E-state index contributed by atoms with van der Waals surface area (Å²) in [4.78, 5) is 0. The second kappa shape index (κ2) is 13.8. The van der Waals surface area contributed by atoms with Gasteiger partial charge in [-0.25, -0.2) is 0 Å². The number of hydrogen-bond donors (Lipinski definition) is 0. The lowest BCUT2D eigenvalue weighted by Crippen LogP contribution is -2.11. The Hall–Kier alpha value is -2.46. The van der Waals surface area contributed by atoms with Crippen molar-refractivity contribution in [2.24, 2.45) is 5.92 Å². The largest absolute Gasteiger partial charge is 0.494 e. The van der Waals surface area contributed by atoms with Gasteiger partial charge in [0.1, 0.15) is 5.75 Å². The minimum absolute atomic E-state index is 0.665. The normalized spacial score (nSPS) is 18.3. The van der Waals surface area contributed by atoms with Crippen LogP contribution in [0.1, 0.15) is 94.2 Å². The fraction of sp³-hybridized carbons (Fsp3) is 0.484.